The molecule has 1 atom stereocenters. The standard InChI is InChI=1S/C17H22ClN3O3/c18-14-5-3-13(4-6-14)15-12-21(9-10-24-15)17(23)19-11-16(22)20-7-1-2-8-20/h3-6,15H,1-2,7-12H2,(H,19,23). The lowest BCUT2D eigenvalue weighted by atomic mass is 10.1. The molecule has 3 amide bonds. The molecule has 0 aliphatic carbocycles. The third-order valence-electron chi connectivity index (χ3n) is 4.45. The van der Waals surface area contributed by atoms with E-state index >= 15 is 0 Å². The van der Waals surface area contributed by atoms with Gasteiger partial charge in [0.1, 0.15) is 6.10 Å². The molecule has 7 heteroatoms. The van der Waals surface area contributed by atoms with E-state index in [1.807, 2.05) is 24.3 Å². The van der Waals surface area contributed by atoms with E-state index < -0.39 is 0 Å². The molecule has 130 valence electrons. The Morgan fingerprint density at radius 2 is 1.83 bits per heavy atom. The summed E-state index contributed by atoms with van der Waals surface area (Å²) in [6.07, 6.45) is 1.92. The molecule has 2 fully saturated rings. The van der Waals surface area contributed by atoms with Gasteiger partial charge < -0.3 is 19.9 Å². The minimum atomic E-state index is -0.218. The monoisotopic (exact) mass is 351 g/mol. The van der Waals surface area contributed by atoms with E-state index in [4.69, 9.17) is 16.3 Å². The van der Waals surface area contributed by atoms with Gasteiger partial charge in [-0.3, -0.25) is 4.79 Å². The molecule has 1 N–H and O–H groups in total. The van der Waals surface area contributed by atoms with Crippen molar-refractivity contribution in [2.45, 2.75) is 18.9 Å². The van der Waals surface area contributed by atoms with E-state index in [9.17, 15) is 9.59 Å². The first-order valence-corrected chi connectivity index (χ1v) is 8.69. The second-order valence-electron chi connectivity index (χ2n) is 6.10. The summed E-state index contributed by atoms with van der Waals surface area (Å²) in [5, 5.41) is 3.40. The van der Waals surface area contributed by atoms with Crippen LogP contribution in [0.15, 0.2) is 24.3 Å². The van der Waals surface area contributed by atoms with E-state index in [-0.39, 0.29) is 24.6 Å². The molecule has 2 saturated heterocycles. The predicted octanol–water partition coefficient (Wildman–Crippen LogP) is 2.05. The molecule has 1 aromatic carbocycles. The molecule has 6 nitrogen and oxygen atoms in total. The van der Waals surface area contributed by atoms with Gasteiger partial charge >= 0.3 is 6.03 Å². The quantitative estimate of drug-likeness (QED) is 0.906. The summed E-state index contributed by atoms with van der Waals surface area (Å²) >= 11 is 5.90. The number of nitrogens with zero attached hydrogens (tertiary/aromatic N) is 2. The van der Waals surface area contributed by atoms with Crippen LogP contribution in [0.4, 0.5) is 4.79 Å². The van der Waals surface area contributed by atoms with Crippen molar-refractivity contribution in [3.8, 4) is 0 Å². The molecule has 2 heterocycles. The molecular formula is C17H22ClN3O3. The second kappa shape index (κ2) is 7.85. The Kier molecular flexibility index (Phi) is 5.58. The molecule has 0 bridgehead atoms. The average molecular weight is 352 g/mol. The highest BCUT2D eigenvalue weighted by molar-refractivity contribution is 6.30. The Hall–Kier alpha value is -1.79. The third kappa shape index (κ3) is 4.19. The van der Waals surface area contributed by atoms with E-state index in [2.05, 4.69) is 5.32 Å². The molecule has 2 aliphatic rings. The molecule has 0 saturated carbocycles. The number of nitrogens with one attached hydrogen (secondary N) is 1. The SMILES string of the molecule is O=C(CNC(=O)N1CCOC(c2ccc(Cl)cc2)C1)N1CCCC1. The molecule has 0 radical (unpaired) electrons. The van der Waals surface area contributed by atoms with Gasteiger partial charge in [0.2, 0.25) is 5.91 Å². The van der Waals surface area contributed by atoms with Crippen LogP contribution in [0.3, 0.4) is 0 Å². The van der Waals surface area contributed by atoms with Crippen molar-refractivity contribution in [2.24, 2.45) is 0 Å². The first-order valence-electron chi connectivity index (χ1n) is 8.31. The van der Waals surface area contributed by atoms with Gasteiger partial charge in [-0.15, -0.1) is 0 Å². The Morgan fingerprint density at radius 1 is 1.12 bits per heavy atom. The number of halogens is 1. The smallest absolute Gasteiger partial charge is 0.318 e. The highest BCUT2D eigenvalue weighted by atomic mass is 35.5. The molecule has 24 heavy (non-hydrogen) atoms. The summed E-state index contributed by atoms with van der Waals surface area (Å²) in [6.45, 7) is 3.11. The fraction of sp³-hybridized carbons (Fsp3) is 0.529. The van der Waals surface area contributed by atoms with Crippen molar-refractivity contribution >= 4 is 23.5 Å². The number of carbonyl (C=O) groups excluding carboxylic acids is 2. The second-order valence-corrected chi connectivity index (χ2v) is 6.54. The zero-order valence-electron chi connectivity index (χ0n) is 13.5. The van der Waals surface area contributed by atoms with Gasteiger partial charge in [0, 0.05) is 24.7 Å². The van der Waals surface area contributed by atoms with Crippen LogP contribution >= 0.6 is 11.6 Å². The van der Waals surface area contributed by atoms with Gasteiger partial charge in [0.05, 0.1) is 19.7 Å². The minimum Gasteiger partial charge on any atom is -0.370 e. The summed E-state index contributed by atoms with van der Waals surface area (Å²) in [4.78, 5) is 27.8. The Balaban J connectivity index is 1.51. The maximum atomic E-state index is 12.3. The lowest BCUT2D eigenvalue weighted by Gasteiger charge is -2.33. The summed E-state index contributed by atoms with van der Waals surface area (Å²) in [5.74, 6) is -0.0108. The molecule has 1 unspecified atom stereocenters. The van der Waals surface area contributed by atoms with Crippen LogP contribution < -0.4 is 5.32 Å². The van der Waals surface area contributed by atoms with Crippen LogP contribution in [0.5, 0.6) is 0 Å². The van der Waals surface area contributed by atoms with E-state index in [1.54, 1.807) is 9.80 Å². The van der Waals surface area contributed by atoms with Gasteiger partial charge in [0.15, 0.2) is 0 Å². The van der Waals surface area contributed by atoms with Gasteiger partial charge in [-0.05, 0) is 30.5 Å². The lowest BCUT2D eigenvalue weighted by molar-refractivity contribution is -0.129. The van der Waals surface area contributed by atoms with Crippen molar-refractivity contribution in [2.75, 3.05) is 39.3 Å². The number of hydrogen-bond acceptors (Lipinski definition) is 3. The summed E-state index contributed by atoms with van der Waals surface area (Å²) in [7, 11) is 0. The highest BCUT2D eigenvalue weighted by Crippen LogP contribution is 2.23. The number of urea groups is 1. The zero-order chi connectivity index (χ0) is 16.9. The van der Waals surface area contributed by atoms with E-state index in [0.29, 0.717) is 24.7 Å². The van der Waals surface area contributed by atoms with Crippen molar-refractivity contribution in [1.82, 2.24) is 15.1 Å². The molecule has 0 spiro atoms. The summed E-state index contributed by atoms with van der Waals surface area (Å²) < 4.78 is 5.75. The largest absolute Gasteiger partial charge is 0.370 e. The average Bonchev–Trinajstić information content (AvgIpc) is 3.15. The molecule has 1 aromatic rings. The van der Waals surface area contributed by atoms with Gasteiger partial charge in [-0.25, -0.2) is 4.79 Å². The fourth-order valence-corrected chi connectivity index (χ4v) is 3.18. The normalized spacial score (nSPS) is 21.0. The van der Waals surface area contributed by atoms with Crippen LogP contribution in [0.25, 0.3) is 0 Å². The number of likely N-dealkylation sites (tertiary alicyclic amines) is 1. The first kappa shape index (κ1) is 17.0. The number of hydrogen-bond donors (Lipinski definition) is 1. The highest BCUT2D eigenvalue weighted by Gasteiger charge is 2.26. The topological polar surface area (TPSA) is 61.9 Å². The van der Waals surface area contributed by atoms with Gasteiger partial charge in [0.25, 0.3) is 0 Å². The maximum Gasteiger partial charge on any atom is 0.318 e. The molecule has 0 aromatic heterocycles. The Labute approximate surface area is 146 Å². The van der Waals surface area contributed by atoms with Crippen LogP contribution in [-0.2, 0) is 9.53 Å². The van der Waals surface area contributed by atoms with Crippen LogP contribution in [0.1, 0.15) is 24.5 Å². The van der Waals surface area contributed by atoms with E-state index in [1.165, 1.54) is 0 Å². The molecular weight excluding hydrogens is 330 g/mol. The zero-order valence-corrected chi connectivity index (χ0v) is 14.3. The fourth-order valence-electron chi connectivity index (χ4n) is 3.05. The number of carbonyl (C=O) groups is 2. The summed E-state index contributed by atoms with van der Waals surface area (Å²) in [6, 6.07) is 7.23. The van der Waals surface area contributed by atoms with Gasteiger partial charge in [-0.2, -0.15) is 0 Å². The number of rotatable bonds is 3. The summed E-state index contributed by atoms with van der Waals surface area (Å²) in [5.41, 5.74) is 0.991. The van der Waals surface area contributed by atoms with Crippen LogP contribution in [0.2, 0.25) is 5.02 Å². The van der Waals surface area contributed by atoms with E-state index in [0.717, 1.165) is 31.5 Å². The lowest BCUT2D eigenvalue weighted by Crippen LogP contribution is -2.49. The maximum absolute atomic E-state index is 12.3. The third-order valence-corrected chi connectivity index (χ3v) is 4.70. The van der Waals surface area contributed by atoms with Crippen molar-refractivity contribution in [3.63, 3.8) is 0 Å². The van der Waals surface area contributed by atoms with Crippen molar-refractivity contribution in [1.29, 1.82) is 0 Å². The van der Waals surface area contributed by atoms with Crippen LogP contribution in [-0.4, -0.2) is 61.1 Å². The van der Waals surface area contributed by atoms with Gasteiger partial charge in [-0.1, -0.05) is 23.7 Å². The number of ether oxygens (including phenoxy) is 1. The number of morpholine rings is 1. The predicted molar refractivity (Wildman–Crippen MR) is 90.9 cm³/mol. The molecule has 3 rings (SSSR count). The first-order chi connectivity index (χ1) is 11.6. The van der Waals surface area contributed by atoms with Crippen molar-refractivity contribution in [3.05, 3.63) is 34.9 Å². The minimum absolute atomic E-state index is 0.0108. The van der Waals surface area contributed by atoms with Crippen molar-refractivity contribution < 1.29 is 14.3 Å². The molecule has 2 aliphatic heterocycles. The Bertz CT molecular complexity index is 587. The number of amides is 3. The number of benzene rings is 1. The van der Waals surface area contributed by atoms with Crippen LogP contribution in [0, 0.1) is 0 Å². The Morgan fingerprint density at radius 3 is 2.54 bits per heavy atom.